The van der Waals surface area contributed by atoms with E-state index in [1.54, 1.807) is 13.3 Å². The normalized spacial score (nSPS) is 18.0. The number of pyridine rings is 1. The zero-order valence-corrected chi connectivity index (χ0v) is 17.7. The molecule has 0 bridgehead atoms. The van der Waals surface area contributed by atoms with Gasteiger partial charge in [0.25, 0.3) is 0 Å². The van der Waals surface area contributed by atoms with Crippen LogP contribution in [0.2, 0.25) is 0 Å². The fourth-order valence-electron chi connectivity index (χ4n) is 4.40. The van der Waals surface area contributed by atoms with Crippen LogP contribution in [0.15, 0.2) is 78.0 Å². The molecule has 2 aromatic heterocycles. The number of anilines is 1. The molecule has 0 aliphatic carbocycles. The highest BCUT2D eigenvalue weighted by Gasteiger charge is 2.35. The van der Waals surface area contributed by atoms with Gasteiger partial charge in [0, 0.05) is 18.9 Å². The summed E-state index contributed by atoms with van der Waals surface area (Å²) in [6.45, 7) is 2.08. The molecule has 2 aliphatic rings. The molecule has 6 rings (SSSR count). The first-order chi connectivity index (χ1) is 15.8. The van der Waals surface area contributed by atoms with Crippen molar-refractivity contribution in [3.05, 3.63) is 84.2 Å². The number of rotatable bonds is 4. The third-order valence-electron chi connectivity index (χ3n) is 5.90. The molecule has 4 heterocycles. The van der Waals surface area contributed by atoms with Crippen molar-refractivity contribution in [3.63, 3.8) is 0 Å². The Hall–Kier alpha value is -3.91. The van der Waals surface area contributed by atoms with Crippen molar-refractivity contribution in [1.82, 2.24) is 24.8 Å². The van der Waals surface area contributed by atoms with Crippen molar-refractivity contribution in [2.45, 2.75) is 12.7 Å². The summed E-state index contributed by atoms with van der Waals surface area (Å²) in [7, 11) is 1.69. The lowest BCUT2D eigenvalue weighted by atomic mass is 10.1. The zero-order chi connectivity index (χ0) is 21.5. The predicted molar refractivity (Wildman–Crippen MR) is 123 cm³/mol. The Balaban J connectivity index is 1.42. The summed E-state index contributed by atoms with van der Waals surface area (Å²) in [4.78, 5) is 18.5. The van der Waals surface area contributed by atoms with E-state index in [4.69, 9.17) is 14.7 Å². The summed E-state index contributed by atoms with van der Waals surface area (Å²) in [5, 5.41) is 3.65. The summed E-state index contributed by atoms with van der Waals surface area (Å²) in [5.74, 6) is 2.54. The van der Waals surface area contributed by atoms with Crippen molar-refractivity contribution in [2.75, 3.05) is 25.3 Å². The van der Waals surface area contributed by atoms with Crippen LogP contribution in [-0.4, -0.2) is 45.8 Å². The first-order valence-electron chi connectivity index (χ1n) is 10.6. The van der Waals surface area contributed by atoms with Gasteiger partial charge in [-0.2, -0.15) is 0 Å². The minimum Gasteiger partial charge on any atom is -0.497 e. The molecule has 2 aromatic carbocycles. The minimum absolute atomic E-state index is 0.132. The van der Waals surface area contributed by atoms with Crippen molar-refractivity contribution >= 4 is 22.9 Å². The van der Waals surface area contributed by atoms with Crippen molar-refractivity contribution in [1.29, 1.82) is 0 Å². The van der Waals surface area contributed by atoms with E-state index in [0.29, 0.717) is 13.3 Å². The van der Waals surface area contributed by atoms with Gasteiger partial charge in [0.1, 0.15) is 11.9 Å². The monoisotopic (exact) mass is 425 g/mol. The SMILES string of the molecule is COc1cccc([C@H]2NC3=NCN(Cc4cccnc4)CN3c3nc4ccccc4n32)c1. The second kappa shape index (κ2) is 7.65. The number of guanidine groups is 1. The van der Waals surface area contributed by atoms with E-state index < -0.39 is 0 Å². The van der Waals surface area contributed by atoms with Gasteiger partial charge >= 0.3 is 0 Å². The largest absolute Gasteiger partial charge is 0.497 e. The van der Waals surface area contributed by atoms with Crippen LogP contribution in [0, 0.1) is 0 Å². The number of methoxy groups -OCH3 is 1. The van der Waals surface area contributed by atoms with Crippen LogP contribution in [0.5, 0.6) is 5.75 Å². The average Bonchev–Trinajstić information content (AvgIpc) is 3.24. The summed E-state index contributed by atoms with van der Waals surface area (Å²) in [5.41, 5.74) is 4.29. The molecule has 0 saturated carbocycles. The summed E-state index contributed by atoms with van der Waals surface area (Å²) >= 11 is 0. The topological polar surface area (TPSA) is 70.8 Å². The first-order valence-corrected chi connectivity index (χ1v) is 10.6. The fraction of sp³-hybridized carbons (Fsp3) is 0.208. The van der Waals surface area contributed by atoms with E-state index in [2.05, 4.69) is 61.1 Å². The predicted octanol–water partition coefficient (Wildman–Crippen LogP) is 3.18. The summed E-state index contributed by atoms with van der Waals surface area (Å²) in [6.07, 6.45) is 3.57. The van der Waals surface area contributed by atoms with Gasteiger partial charge in [-0.15, -0.1) is 0 Å². The molecule has 160 valence electrons. The Morgan fingerprint density at radius 2 is 2.03 bits per heavy atom. The molecule has 1 atom stereocenters. The van der Waals surface area contributed by atoms with Gasteiger partial charge in [0.2, 0.25) is 11.9 Å². The van der Waals surface area contributed by atoms with Crippen LogP contribution >= 0.6 is 0 Å². The van der Waals surface area contributed by atoms with Gasteiger partial charge in [-0.25, -0.2) is 9.98 Å². The number of fused-ring (bicyclic) bond motifs is 5. The quantitative estimate of drug-likeness (QED) is 0.542. The standard InChI is InChI=1S/C24H23N7O/c1-32-19-8-4-7-18(12-19)22-28-23-26-15-29(14-17-6-5-11-25-13-17)16-30(23)24-27-20-9-2-3-10-21(20)31(22)24/h2-13,22H,14-16H2,1H3,(H,26,28)/t22-/m0/s1. The summed E-state index contributed by atoms with van der Waals surface area (Å²) in [6, 6.07) is 20.4. The van der Waals surface area contributed by atoms with Gasteiger partial charge in [-0.3, -0.25) is 19.4 Å². The van der Waals surface area contributed by atoms with Gasteiger partial charge in [-0.1, -0.05) is 30.3 Å². The van der Waals surface area contributed by atoms with Crippen molar-refractivity contribution < 1.29 is 4.74 Å². The summed E-state index contributed by atoms with van der Waals surface area (Å²) < 4.78 is 7.72. The maximum absolute atomic E-state index is 5.47. The van der Waals surface area contributed by atoms with Crippen LogP contribution in [-0.2, 0) is 6.54 Å². The third-order valence-corrected chi connectivity index (χ3v) is 5.90. The lowest BCUT2D eigenvalue weighted by Gasteiger charge is -2.41. The molecule has 0 fully saturated rings. The van der Waals surface area contributed by atoms with E-state index in [9.17, 15) is 0 Å². The number of hydrogen-bond acceptors (Lipinski definition) is 7. The van der Waals surface area contributed by atoms with E-state index in [1.165, 1.54) is 5.56 Å². The maximum atomic E-state index is 5.47. The Morgan fingerprint density at radius 1 is 1.09 bits per heavy atom. The number of aromatic nitrogens is 3. The minimum atomic E-state index is -0.132. The number of imidazole rings is 1. The number of ether oxygens (including phenoxy) is 1. The number of hydrogen-bond donors (Lipinski definition) is 1. The molecule has 2 aliphatic heterocycles. The number of nitrogens with one attached hydrogen (secondary N) is 1. The fourth-order valence-corrected chi connectivity index (χ4v) is 4.40. The number of nitrogens with zero attached hydrogens (tertiary/aromatic N) is 6. The maximum Gasteiger partial charge on any atom is 0.216 e. The second-order valence-electron chi connectivity index (χ2n) is 7.98. The van der Waals surface area contributed by atoms with Crippen LogP contribution in [0.25, 0.3) is 11.0 Å². The molecule has 0 spiro atoms. The van der Waals surface area contributed by atoms with E-state index in [-0.39, 0.29) is 6.17 Å². The number of benzene rings is 2. The molecule has 4 aromatic rings. The molecule has 8 nitrogen and oxygen atoms in total. The molecular formula is C24H23N7O. The second-order valence-corrected chi connectivity index (χ2v) is 7.98. The lowest BCUT2D eigenvalue weighted by Crippen LogP contribution is -2.57. The molecule has 0 unspecified atom stereocenters. The van der Waals surface area contributed by atoms with Gasteiger partial charge < -0.3 is 10.1 Å². The molecular weight excluding hydrogens is 402 g/mol. The van der Waals surface area contributed by atoms with Gasteiger partial charge in [-0.05, 0) is 41.5 Å². The molecule has 0 saturated heterocycles. The van der Waals surface area contributed by atoms with E-state index in [1.807, 2.05) is 30.5 Å². The smallest absolute Gasteiger partial charge is 0.216 e. The van der Waals surface area contributed by atoms with E-state index >= 15 is 0 Å². The zero-order valence-electron chi connectivity index (χ0n) is 17.7. The lowest BCUT2D eigenvalue weighted by molar-refractivity contribution is 0.263. The number of para-hydroxylation sites is 2. The van der Waals surface area contributed by atoms with Gasteiger partial charge in [0.05, 0.1) is 31.5 Å². The average molecular weight is 425 g/mol. The molecule has 32 heavy (non-hydrogen) atoms. The van der Waals surface area contributed by atoms with Crippen LogP contribution < -0.4 is 15.0 Å². The highest BCUT2D eigenvalue weighted by molar-refractivity contribution is 5.98. The molecule has 0 amide bonds. The molecule has 8 heteroatoms. The highest BCUT2D eigenvalue weighted by Crippen LogP contribution is 2.34. The Bertz CT molecular complexity index is 1300. The first kappa shape index (κ1) is 18.8. The molecule has 1 N–H and O–H groups in total. The Kier molecular flexibility index (Phi) is 4.50. The van der Waals surface area contributed by atoms with Crippen LogP contribution in [0.3, 0.4) is 0 Å². The third kappa shape index (κ3) is 3.16. The van der Waals surface area contributed by atoms with Gasteiger partial charge in [0.15, 0.2) is 0 Å². The van der Waals surface area contributed by atoms with Crippen molar-refractivity contribution in [2.24, 2.45) is 4.99 Å². The van der Waals surface area contributed by atoms with Crippen LogP contribution in [0.1, 0.15) is 17.3 Å². The highest BCUT2D eigenvalue weighted by atomic mass is 16.5. The Labute approximate surface area is 185 Å². The Morgan fingerprint density at radius 3 is 2.91 bits per heavy atom. The number of aliphatic imine (C=N–C) groups is 1. The van der Waals surface area contributed by atoms with Crippen LogP contribution in [0.4, 0.5) is 5.95 Å². The van der Waals surface area contributed by atoms with Crippen molar-refractivity contribution in [3.8, 4) is 5.75 Å². The molecule has 0 radical (unpaired) electrons. The van der Waals surface area contributed by atoms with E-state index in [0.717, 1.165) is 40.8 Å².